The average Bonchev–Trinajstić information content (AvgIpc) is 2.72. The highest BCUT2D eigenvalue weighted by Gasteiger charge is 2.30. The first kappa shape index (κ1) is 14.3. The molecule has 2 rings (SSSR count). The minimum absolute atomic E-state index is 0.0468. The molecule has 0 saturated heterocycles. The molecule has 0 fully saturated rings. The van der Waals surface area contributed by atoms with E-state index in [1.54, 1.807) is 30.0 Å². The molecule has 1 aliphatic rings. The number of benzene rings is 1. The summed E-state index contributed by atoms with van der Waals surface area (Å²) in [6, 6.07) is 6.85. The number of nitrogens with zero attached hydrogens (tertiary/aromatic N) is 1. The normalized spacial score (nSPS) is 20.4. The van der Waals surface area contributed by atoms with Crippen LogP contribution in [0.25, 0.3) is 0 Å². The Kier molecular flexibility index (Phi) is 4.10. The van der Waals surface area contributed by atoms with Crippen LogP contribution in [0.1, 0.15) is 13.3 Å². The molecule has 0 aromatic heterocycles. The summed E-state index contributed by atoms with van der Waals surface area (Å²) < 4.78 is 23.9. The van der Waals surface area contributed by atoms with Gasteiger partial charge in [0, 0.05) is 22.0 Å². The van der Waals surface area contributed by atoms with Crippen molar-refractivity contribution in [3.05, 3.63) is 40.2 Å². The van der Waals surface area contributed by atoms with Crippen LogP contribution in [0.3, 0.4) is 0 Å². The number of carbonyl (C=O) groups excluding carboxylic acids is 1. The first-order valence-electron chi connectivity index (χ1n) is 5.91. The summed E-state index contributed by atoms with van der Waals surface area (Å²) in [4.78, 5) is 13.6. The number of carbonyl (C=O) groups is 1. The molecule has 1 aromatic carbocycles. The van der Waals surface area contributed by atoms with Gasteiger partial charge >= 0.3 is 0 Å². The predicted molar refractivity (Wildman–Crippen MR) is 78.6 cm³/mol. The van der Waals surface area contributed by atoms with Gasteiger partial charge in [-0.15, -0.1) is 0 Å². The second-order valence-corrected chi connectivity index (χ2v) is 7.17. The van der Waals surface area contributed by atoms with Crippen molar-refractivity contribution in [3.8, 4) is 0 Å². The number of sulfone groups is 1. The van der Waals surface area contributed by atoms with E-state index in [2.05, 4.69) is 15.9 Å². The van der Waals surface area contributed by atoms with Crippen molar-refractivity contribution in [2.45, 2.75) is 19.4 Å². The molecule has 1 aliphatic heterocycles. The van der Waals surface area contributed by atoms with E-state index in [4.69, 9.17) is 0 Å². The maximum Gasteiger partial charge on any atom is 0.227 e. The van der Waals surface area contributed by atoms with Crippen LogP contribution in [-0.2, 0) is 14.6 Å². The third-order valence-corrected chi connectivity index (χ3v) is 4.83. The van der Waals surface area contributed by atoms with Crippen molar-refractivity contribution < 1.29 is 13.2 Å². The Morgan fingerprint density at radius 2 is 2.00 bits per heavy atom. The molecule has 6 heteroatoms. The zero-order valence-corrected chi connectivity index (χ0v) is 12.8. The fourth-order valence-corrected chi connectivity index (χ4v) is 3.55. The Morgan fingerprint density at radius 3 is 2.47 bits per heavy atom. The van der Waals surface area contributed by atoms with Gasteiger partial charge in [0.15, 0.2) is 9.84 Å². The monoisotopic (exact) mass is 343 g/mol. The summed E-state index contributed by atoms with van der Waals surface area (Å²) in [6.45, 7) is 1.77. The molecule has 4 nitrogen and oxygen atoms in total. The molecule has 102 valence electrons. The van der Waals surface area contributed by atoms with Gasteiger partial charge < -0.3 is 4.90 Å². The van der Waals surface area contributed by atoms with E-state index in [9.17, 15) is 13.2 Å². The van der Waals surface area contributed by atoms with Crippen molar-refractivity contribution in [2.75, 3.05) is 10.7 Å². The lowest BCUT2D eigenvalue weighted by Crippen LogP contribution is -2.40. The third-order valence-electron chi connectivity index (χ3n) is 2.92. The van der Waals surface area contributed by atoms with Crippen molar-refractivity contribution >= 4 is 37.4 Å². The molecule has 1 heterocycles. The quantitative estimate of drug-likeness (QED) is 0.847. The average molecular weight is 344 g/mol. The number of hydrogen-bond donors (Lipinski definition) is 0. The zero-order chi connectivity index (χ0) is 14.0. The fourth-order valence-electron chi connectivity index (χ4n) is 2.01. The fraction of sp³-hybridized carbons (Fsp3) is 0.308. The van der Waals surface area contributed by atoms with Crippen LogP contribution in [-0.4, -0.2) is 26.1 Å². The van der Waals surface area contributed by atoms with Crippen LogP contribution < -0.4 is 4.90 Å². The SMILES string of the molecule is CCC(=O)N(c1ccc(Br)cc1)[C@@H]1C=CS(=O)(=O)C1. The molecule has 0 bridgehead atoms. The van der Waals surface area contributed by atoms with Gasteiger partial charge in [0.05, 0.1) is 11.8 Å². The second kappa shape index (κ2) is 5.46. The molecule has 19 heavy (non-hydrogen) atoms. The van der Waals surface area contributed by atoms with Gasteiger partial charge in [0.2, 0.25) is 5.91 Å². The van der Waals surface area contributed by atoms with Crippen LogP contribution >= 0.6 is 15.9 Å². The van der Waals surface area contributed by atoms with Gasteiger partial charge in [0.1, 0.15) is 0 Å². The Hall–Kier alpha value is -1.14. The summed E-state index contributed by atoms with van der Waals surface area (Å²) in [7, 11) is -3.18. The molecular weight excluding hydrogens is 330 g/mol. The van der Waals surface area contributed by atoms with E-state index in [-0.39, 0.29) is 11.7 Å². The van der Waals surface area contributed by atoms with E-state index < -0.39 is 15.9 Å². The number of amides is 1. The molecule has 0 unspecified atom stereocenters. The number of halogens is 1. The lowest BCUT2D eigenvalue weighted by atomic mass is 10.2. The van der Waals surface area contributed by atoms with Gasteiger partial charge in [-0.3, -0.25) is 4.79 Å². The van der Waals surface area contributed by atoms with Crippen molar-refractivity contribution in [1.29, 1.82) is 0 Å². The van der Waals surface area contributed by atoms with E-state index in [1.165, 1.54) is 5.41 Å². The number of hydrogen-bond acceptors (Lipinski definition) is 3. The highest BCUT2D eigenvalue weighted by molar-refractivity contribution is 9.10. The molecule has 0 aliphatic carbocycles. The largest absolute Gasteiger partial charge is 0.304 e. The minimum atomic E-state index is -3.18. The Bertz CT molecular complexity index is 607. The molecule has 0 N–H and O–H groups in total. The molecule has 1 amide bonds. The van der Waals surface area contributed by atoms with Gasteiger partial charge in [-0.1, -0.05) is 22.9 Å². The van der Waals surface area contributed by atoms with E-state index >= 15 is 0 Å². The second-order valence-electron chi connectivity index (χ2n) is 4.32. The van der Waals surface area contributed by atoms with Gasteiger partial charge in [0.25, 0.3) is 0 Å². The molecular formula is C13H14BrNO3S. The number of rotatable bonds is 3. The number of anilines is 1. The Balaban J connectivity index is 2.35. The predicted octanol–water partition coefficient (Wildman–Crippen LogP) is 2.50. The molecule has 1 atom stereocenters. The first-order chi connectivity index (χ1) is 8.93. The van der Waals surface area contributed by atoms with E-state index in [1.807, 2.05) is 12.1 Å². The van der Waals surface area contributed by atoms with Crippen molar-refractivity contribution in [2.24, 2.45) is 0 Å². The van der Waals surface area contributed by atoms with Crippen LogP contribution in [0.4, 0.5) is 5.69 Å². The highest BCUT2D eigenvalue weighted by Crippen LogP contribution is 2.25. The third kappa shape index (κ3) is 3.25. The van der Waals surface area contributed by atoms with Crippen LogP contribution in [0.5, 0.6) is 0 Å². The molecule has 0 saturated carbocycles. The topological polar surface area (TPSA) is 54.5 Å². The minimum Gasteiger partial charge on any atom is -0.304 e. The van der Waals surface area contributed by atoms with Gasteiger partial charge in [-0.2, -0.15) is 0 Å². The molecule has 1 aromatic rings. The van der Waals surface area contributed by atoms with Crippen molar-refractivity contribution in [1.82, 2.24) is 0 Å². The maximum absolute atomic E-state index is 12.1. The summed E-state index contributed by atoms with van der Waals surface area (Å²) in [5, 5.41) is 1.19. The van der Waals surface area contributed by atoms with Crippen molar-refractivity contribution in [3.63, 3.8) is 0 Å². The standard InChI is InChI=1S/C13H14BrNO3S/c1-2-13(16)15(11-5-3-10(14)4-6-11)12-7-8-19(17,18)9-12/h3-8,12H,2,9H2,1H3/t12-/m1/s1. The van der Waals surface area contributed by atoms with E-state index in [0.717, 1.165) is 4.47 Å². The summed E-state index contributed by atoms with van der Waals surface area (Å²) in [5.41, 5.74) is 0.710. The summed E-state index contributed by atoms with van der Waals surface area (Å²) >= 11 is 3.34. The Labute approximate surface area is 121 Å². The Morgan fingerprint density at radius 1 is 1.37 bits per heavy atom. The molecule has 0 spiro atoms. The summed E-state index contributed by atoms with van der Waals surface area (Å²) in [5.74, 6) is -0.136. The summed E-state index contributed by atoms with van der Waals surface area (Å²) in [6.07, 6.45) is 1.91. The van der Waals surface area contributed by atoms with Crippen LogP contribution in [0, 0.1) is 0 Å². The van der Waals surface area contributed by atoms with E-state index in [0.29, 0.717) is 12.1 Å². The smallest absolute Gasteiger partial charge is 0.227 e. The maximum atomic E-state index is 12.1. The van der Waals surface area contributed by atoms with Crippen LogP contribution in [0.2, 0.25) is 0 Å². The lowest BCUT2D eigenvalue weighted by molar-refractivity contribution is -0.118. The highest BCUT2D eigenvalue weighted by atomic mass is 79.9. The zero-order valence-electron chi connectivity index (χ0n) is 10.4. The van der Waals surface area contributed by atoms with Crippen LogP contribution in [0.15, 0.2) is 40.2 Å². The first-order valence-corrected chi connectivity index (χ1v) is 8.42. The van der Waals surface area contributed by atoms with Gasteiger partial charge in [-0.25, -0.2) is 8.42 Å². The lowest BCUT2D eigenvalue weighted by Gasteiger charge is -2.27. The molecule has 0 radical (unpaired) electrons. The van der Waals surface area contributed by atoms with Gasteiger partial charge in [-0.05, 0) is 30.3 Å².